The minimum atomic E-state index is 0.192. The highest BCUT2D eigenvalue weighted by molar-refractivity contribution is 5.84. The van der Waals surface area contributed by atoms with E-state index in [1.807, 2.05) is 30.3 Å². The Balaban J connectivity index is 2.43. The molecule has 80 valence electrons. The van der Waals surface area contributed by atoms with E-state index in [-0.39, 0.29) is 5.75 Å². The second kappa shape index (κ2) is 3.13. The monoisotopic (exact) mass is 214 g/mol. The lowest BCUT2D eigenvalue weighted by Gasteiger charge is -2.04. The topological polar surface area (TPSA) is 46.8 Å². The van der Waals surface area contributed by atoms with Crippen molar-refractivity contribution in [3.05, 3.63) is 36.5 Å². The number of pyridine rings is 1. The van der Waals surface area contributed by atoms with Crippen LogP contribution in [-0.2, 0) is 0 Å². The van der Waals surface area contributed by atoms with Gasteiger partial charge < -0.3 is 9.84 Å². The van der Waals surface area contributed by atoms with Crippen molar-refractivity contribution in [3.8, 4) is 11.5 Å². The zero-order valence-electron chi connectivity index (χ0n) is 8.71. The van der Waals surface area contributed by atoms with Gasteiger partial charge in [-0.25, -0.2) is 4.52 Å². The average Bonchev–Trinajstić information content (AvgIpc) is 2.70. The summed E-state index contributed by atoms with van der Waals surface area (Å²) in [7, 11) is 1.64. The molecule has 0 aliphatic rings. The summed E-state index contributed by atoms with van der Waals surface area (Å²) in [5.74, 6) is 1.00. The summed E-state index contributed by atoms with van der Waals surface area (Å²) in [5, 5.41) is 14.7. The molecule has 2 aromatic heterocycles. The molecule has 16 heavy (non-hydrogen) atoms. The summed E-state index contributed by atoms with van der Waals surface area (Å²) in [6, 6.07) is 9.51. The van der Waals surface area contributed by atoms with Crippen LogP contribution in [-0.4, -0.2) is 21.8 Å². The molecule has 0 saturated carbocycles. The van der Waals surface area contributed by atoms with Gasteiger partial charge in [0.1, 0.15) is 11.3 Å². The third kappa shape index (κ3) is 1.13. The van der Waals surface area contributed by atoms with Crippen molar-refractivity contribution in [1.29, 1.82) is 0 Å². The van der Waals surface area contributed by atoms with E-state index in [0.29, 0.717) is 5.52 Å². The lowest BCUT2D eigenvalue weighted by atomic mass is 10.2. The van der Waals surface area contributed by atoms with Crippen molar-refractivity contribution in [2.24, 2.45) is 0 Å². The van der Waals surface area contributed by atoms with Crippen molar-refractivity contribution in [3.63, 3.8) is 0 Å². The molecule has 1 aromatic carbocycles. The van der Waals surface area contributed by atoms with Crippen molar-refractivity contribution in [2.75, 3.05) is 7.11 Å². The number of fused-ring (bicyclic) bond motifs is 3. The molecule has 2 heterocycles. The van der Waals surface area contributed by atoms with Crippen LogP contribution in [0.25, 0.3) is 16.4 Å². The number of benzene rings is 1. The molecule has 0 spiro atoms. The van der Waals surface area contributed by atoms with Gasteiger partial charge in [0, 0.05) is 5.39 Å². The zero-order chi connectivity index (χ0) is 11.1. The van der Waals surface area contributed by atoms with Crippen LogP contribution in [0.15, 0.2) is 36.5 Å². The largest absolute Gasteiger partial charge is 0.504 e. The lowest BCUT2D eigenvalue weighted by molar-refractivity contribution is 0.415. The molecule has 0 bridgehead atoms. The van der Waals surface area contributed by atoms with Crippen LogP contribution < -0.4 is 4.74 Å². The smallest absolute Gasteiger partial charge is 0.161 e. The predicted molar refractivity (Wildman–Crippen MR) is 60.9 cm³/mol. The van der Waals surface area contributed by atoms with E-state index in [9.17, 15) is 5.11 Å². The van der Waals surface area contributed by atoms with E-state index in [1.165, 1.54) is 6.20 Å². The molecule has 0 aliphatic carbocycles. The Morgan fingerprint density at radius 1 is 1.19 bits per heavy atom. The minimum Gasteiger partial charge on any atom is -0.504 e. The Morgan fingerprint density at radius 3 is 2.81 bits per heavy atom. The van der Waals surface area contributed by atoms with E-state index >= 15 is 0 Å². The minimum absolute atomic E-state index is 0.192. The third-order valence-electron chi connectivity index (χ3n) is 2.67. The maximum atomic E-state index is 9.56. The van der Waals surface area contributed by atoms with Crippen LogP contribution in [0.4, 0.5) is 0 Å². The number of methoxy groups -OCH3 is 1. The average molecular weight is 214 g/mol. The van der Waals surface area contributed by atoms with Gasteiger partial charge in [0.25, 0.3) is 0 Å². The highest BCUT2D eigenvalue weighted by Gasteiger charge is 2.05. The number of ether oxygens (including phenoxy) is 1. The maximum Gasteiger partial charge on any atom is 0.161 e. The van der Waals surface area contributed by atoms with Gasteiger partial charge in [-0.2, -0.15) is 5.10 Å². The molecule has 4 nitrogen and oxygen atoms in total. The first-order valence-electron chi connectivity index (χ1n) is 4.93. The summed E-state index contributed by atoms with van der Waals surface area (Å²) in [5.41, 5.74) is 1.65. The summed E-state index contributed by atoms with van der Waals surface area (Å²) in [4.78, 5) is 0. The first kappa shape index (κ1) is 9.03. The molecular weight excluding hydrogens is 204 g/mol. The number of aromatic hydroxyl groups is 1. The molecule has 0 atom stereocenters. The van der Waals surface area contributed by atoms with Crippen molar-refractivity contribution >= 4 is 16.4 Å². The molecule has 1 N–H and O–H groups in total. The summed E-state index contributed by atoms with van der Waals surface area (Å²) < 4.78 is 6.87. The highest BCUT2D eigenvalue weighted by atomic mass is 16.5. The van der Waals surface area contributed by atoms with Gasteiger partial charge in [-0.3, -0.25) is 0 Å². The Kier molecular flexibility index (Phi) is 1.77. The van der Waals surface area contributed by atoms with Crippen LogP contribution in [0.5, 0.6) is 11.5 Å². The third-order valence-corrected chi connectivity index (χ3v) is 2.67. The fraction of sp³-hybridized carbons (Fsp3) is 0.0833. The molecule has 0 amide bonds. The normalized spacial score (nSPS) is 11.1. The molecular formula is C12H10N2O2. The molecule has 3 rings (SSSR count). The summed E-state index contributed by atoms with van der Waals surface area (Å²) >= 11 is 0. The second-order valence-corrected chi connectivity index (χ2v) is 3.58. The molecule has 0 fully saturated rings. The molecule has 4 heteroatoms. The van der Waals surface area contributed by atoms with Crippen LogP contribution in [0.2, 0.25) is 0 Å². The van der Waals surface area contributed by atoms with Crippen LogP contribution in [0, 0.1) is 0 Å². The first-order valence-corrected chi connectivity index (χ1v) is 4.93. The zero-order valence-corrected chi connectivity index (χ0v) is 8.71. The van der Waals surface area contributed by atoms with E-state index in [1.54, 1.807) is 11.6 Å². The number of hydrogen-bond acceptors (Lipinski definition) is 3. The first-order chi connectivity index (χ1) is 7.79. The van der Waals surface area contributed by atoms with E-state index in [0.717, 1.165) is 16.7 Å². The lowest BCUT2D eigenvalue weighted by Crippen LogP contribution is -1.90. The van der Waals surface area contributed by atoms with Gasteiger partial charge in [-0.15, -0.1) is 0 Å². The van der Waals surface area contributed by atoms with E-state index < -0.39 is 0 Å². The molecule has 0 aliphatic heterocycles. The van der Waals surface area contributed by atoms with Crippen LogP contribution in [0.3, 0.4) is 0 Å². The Hall–Kier alpha value is -2.23. The Bertz CT molecular complexity index is 673. The van der Waals surface area contributed by atoms with E-state index in [2.05, 4.69) is 5.10 Å². The number of rotatable bonds is 1. The molecule has 3 aromatic rings. The highest BCUT2D eigenvalue weighted by Crippen LogP contribution is 2.25. The predicted octanol–water partition coefficient (Wildman–Crippen LogP) is 2.20. The van der Waals surface area contributed by atoms with E-state index in [4.69, 9.17) is 4.74 Å². The number of nitrogens with zero attached hydrogens (tertiary/aromatic N) is 2. The number of aromatic nitrogens is 2. The van der Waals surface area contributed by atoms with Crippen molar-refractivity contribution < 1.29 is 9.84 Å². The van der Waals surface area contributed by atoms with Gasteiger partial charge in [0.05, 0.1) is 18.8 Å². The summed E-state index contributed by atoms with van der Waals surface area (Å²) in [6.45, 7) is 0. The second-order valence-electron chi connectivity index (χ2n) is 3.58. The fourth-order valence-electron chi connectivity index (χ4n) is 1.85. The SMILES string of the molecule is COc1ccc2c(ccc3c(O)cnn32)c1. The van der Waals surface area contributed by atoms with Gasteiger partial charge >= 0.3 is 0 Å². The van der Waals surface area contributed by atoms with Gasteiger partial charge in [-0.05, 0) is 24.3 Å². The van der Waals surface area contributed by atoms with Gasteiger partial charge in [0.2, 0.25) is 0 Å². The van der Waals surface area contributed by atoms with Crippen LogP contribution >= 0.6 is 0 Å². The quantitative estimate of drug-likeness (QED) is 0.675. The van der Waals surface area contributed by atoms with Crippen molar-refractivity contribution in [1.82, 2.24) is 9.61 Å². The Labute approximate surface area is 91.7 Å². The summed E-state index contributed by atoms with van der Waals surface area (Å²) in [6.07, 6.45) is 1.44. The van der Waals surface area contributed by atoms with Crippen molar-refractivity contribution in [2.45, 2.75) is 0 Å². The maximum absolute atomic E-state index is 9.56. The fourth-order valence-corrected chi connectivity index (χ4v) is 1.85. The van der Waals surface area contributed by atoms with Crippen LogP contribution in [0.1, 0.15) is 0 Å². The van der Waals surface area contributed by atoms with Gasteiger partial charge in [0.15, 0.2) is 5.75 Å². The number of hydrogen-bond donors (Lipinski definition) is 1. The Morgan fingerprint density at radius 2 is 2.00 bits per heavy atom. The molecule has 0 saturated heterocycles. The molecule has 0 radical (unpaired) electrons. The molecule has 0 unspecified atom stereocenters. The standard InChI is InChI=1S/C12H10N2O2/c1-16-9-3-5-10-8(6-9)2-4-11-12(15)7-13-14(10)11/h2-7,15H,1H3. The van der Waals surface area contributed by atoms with Gasteiger partial charge in [-0.1, -0.05) is 6.07 Å².